The molecule has 0 atom stereocenters. The van der Waals surface area contributed by atoms with Gasteiger partial charge in [0.25, 0.3) is 11.5 Å². The van der Waals surface area contributed by atoms with Crippen LogP contribution >= 0.6 is 11.3 Å². The first-order chi connectivity index (χ1) is 12.5. The van der Waals surface area contributed by atoms with Gasteiger partial charge in [0, 0.05) is 12.4 Å². The highest BCUT2D eigenvalue weighted by molar-refractivity contribution is 7.13. The van der Waals surface area contributed by atoms with Gasteiger partial charge in [-0.15, -0.1) is 11.3 Å². The Balaban J connectivity index is 1.89. The summed E-state index contributed by atoms with van der Waals surface area (Å²) in [6, 6.07) is 9.16. The molecule has 0 unspecified atom stereocenters. The van der Waals surface area contributed by atoms with Gasteiger partial charge in [0.1, 0.15) is 5.52 Å². The van der Waals surface area contributed by atoms with Crippen LogP contribution in [0.2, 0.25) is 0 Å². The number of carbonyl (C=O) groups excluding carboxylic acids is 1. The molecule has 0 fully saturated rings. The fourth-order valence-electron chi connectivity index (χ4n) is 2.56. The number of thiazole rings is 1. The van der Waals surface area contributed by atoms with Gasteiger partial charge in [-0.2, -0.15) is 5.10 Å². The quantitative estimate of drug-likeness (QED) is 0.599. The number of aryl methyl sites for hydroxylation is 2. The molecular formula is C17H14N6O2S. The maximum Gasteiger partial charge on any atom is 0.280 e. The number of hydrogen-bond acceptors (Lipinski definition) is 6. The van der Waals surface area contributed by atoms with Gasteiger partial charge in [0.05, 0.1) is 17.7 Å². The molecule has 26 heavy (non-hydrogen) atoms. The van der Waals surface area contributed by atoms with Crippen molar-refractivity contribution in [1.82, 2.24) is 24.3 Å². The number of para-hydroxylation sites is 1. The minimum absolute atomic E-state index is 0.0782. The van der Waals surface area contributed by atoms with Crippen LogP contribution in [-0.2, 0) is 7.05 Å². The lowest BCUT2D eigenvalue weighted by Gasteiger charge is -2.02. The van der Waals surface area contributed by atoms with Crippen molar-refractivity contribution < 1.29 is 4.79 Å². The number of rotatable bonds is 3. The van der Waals surface area contributed by atoms with Crippen molar-refractivity contribution >= 4 is 33.4 Å². The third kappa shape index (κ3) is 2.68. The van der Waals surface area contributed by atoms with Crippen LogP contribution in [0.4, 0.5) is 5.13 Å². The molecule has 0 aliphatic carbocycles. The van der Waals surface area contributed by atoms with E-state index in [1.165, 1.54) is 26.9 Å². The van der Waals surface area contributed by atoms with Crippen molar-refractivity contribution in [2.75, 3.05) is 5.32 Å². The number of nitrogens with one attached hydrogen (secondary N) is 1. The molecule has 0 aliphatic rings. The number of carbonyl (C=O) groups is 1. The second kappa shape index (κ2) is 6.19. The van der Waals surface area contributed by atoms with Crippen LogP contribution in [0.5, 0.6) is 0 Å². The number of benzene rings is 1. The molecule has 9 heteroatoms. The van der Waals surface area contributed by atoms with Gasteiger partial charge < -0.3 is 4.57 Å². The van der Waals surface area contributed by atoms with E-state index in [0.29, 0.717) is 10.8 Å². The van der Waals surface area contributed by atoms with Gasteiger partial charge in [-0.1, -0.05) is 18.2 Å². The lowest BCUT2D eigenvalue weighted by atomic mass is 10.3. The number of amides is 1. The summed E-state index contributed by atoms with van der Waals surface area (Å²) >= 11 is 1.32. The maximum absolute atomic E-state index is 12.7. The Morgan fingerprint density at radius 2 is 2.00 bits per heavy atom. The van der Waals surface area contributed by atoms with E-state index in [1.807, 2.05) is 42.6 Å². The van der Waals surface area contributed by atoms with Gasteiger partial charge >= 0.3 is 0 Å². The maximum atomic E-state index is 12.7. The topological polar surface area (TPSA) is 94.7 Å². The van der Waals surface area contributed by atoms with E-state index in [9.17, 15) is 9.59 Å². The zero-order chi connectivity index (χ0) is 18.3. The first-order valence-corrected chi connectivity index (χ1v) is 8.66. The van der Waals surface area contributed by atoms with Gasteiger partial charge in [0.2, 0.25) is 0 Å². The summed E-state index contributed by atoms with van der Waals surface area (Å²) in [7, 11) is 1.61. The van der Waals surface area contributed by atoms with Crippen LogP contribution in [0.3, 0.4) is 0 Å². The van der Waals surface area contributed by atoms with Gasteiger partial charge in [-0.25, -0.2) is 14.6 Å². The van der Waals surface area contributed by atoms with E-state index in [1.54, 1.807) is 7.05 Å². The highest BCUT2D eigenvalue weighted by Gasteiger charge is 2.22. The van der Waals surface area contributed by atoms with E-state index < -0.39 is 5.91 Å². The molecule has 0 bridgehead atoms. The van der Waals surface area contributed by atoms with Crippen LogP contribution in [0.1, 0.15) is 16.2 Å². The lowest BCUT2D eigenvalue weighted by molar-refractivity contribution is 0.102. The minimum atomic E-state index is -0.459. The fraction of sp³-hybridized carbons (Fsp3) is 0.118. The standard InChI is InChI=1S/C17H14N6O2S/c1-10-8-26-17(19-10)20-15(24)13-12-14(16(25)22(2)9-18-12)23(21-13)11-6-4-3-5-7-11/h3-9H,1-2H3,(H,19,20,24). The normalized spacial score (nSPS) is 11.0. The molecule has 4 aromatic rings. The third-order valence-electron chi connectivity index (χ3n) is 3.80. The molecule has 3 aromatic heterocycles. The monoisotopic (exact) mass is 366 g/mol. The van der Waals surface area contributed by atoms with Crippen molar-refractivity contribution in [2.24, 2.45) is 7.05 Å². The van der Waals surface area contributed by atoms with E-state index in [2.05, 4.69) is 20.4 Å². The van der Waals surface area contributed by atoms with Gasteiger partial charge in [-0.05, 0) is 19.1 Å². The Morgan fingerprint density at radius 3 is 2.69 bits per heavy atom. The highest BCUT2D eigenvalue weighted by Crippen LogP contribution is 2.20. The Bertz CT molecular complexity index is 1180. The van der Waals surface area contributed by atoms with E-state index >= 15 is 0 Å². The molecule has 1 aromatic carbocycles. The number of nitrogens with zero attached hydrogens (tertiary/aromatic N) is 5. The first-order valence-electron chi connectivity index (χ1n) is 7.78. The summed E-state index contributed by atoms with van der Waals surface area (Å²) in [5, 5.41) is 9.39. The van der Waals surface area contributed by atoms with Gasteiger partial charge in [0.15, 0.2) is 16.3 Å². The van der Waals surface area contributed by atoms with Crippen molar-refractivity contribution in [1.29, 1.82) is 0 Å². The summed E-state index contributed by atoms with van der Waals surface area (Å²) in [5.41, 5.74) is 1.79. The molecule has 0 radical (unpaired) electrons. The second-order valence-corrected chi connectivity index (χ2v) is 6.56. The van der Waals surface area contributed by atoms with Crippen LogP contribution in [0.25, 0.3) is 16.7 Å². The number of anilines is 1. The molecular weight excluding hydrogens is 352 g/mol. The fourth-order valence-corrected chi connectivity index (χ4v) is 3.25. The minimum Gasteiger partial charge on any atom is -0.301 e. The zero-order valence-electron chi connectivity index (χ0n) is 14.0. The lowest BCUT2D eigenvalue weighted by Crippen LogP contribution is -2.19. The summed E-state index contributed by atoms with van der Waals surface area (Å²) in [6.07, 6.45) is 1.38. The second-order valence-electron chi connectivity index (χ2n) is 5.70. The predicted molar refractivity (Wildman–Crippen MR) is 98.9 cm³/mol. The van der Waals surface area contributed by atoms with Crippen molar-refractivity contribution in [2.45, 2.75) is 6.92 Å². The molecule has 0 saturated carbocycles. The highest BCUT2D eigenvalue weighted by atomic mass is 32.1. The molecule has 8 nitrogen and oxygen atoms in total. The van der Waals surface area contributed by atoms with Crippen molar-refractivity contribution in [3.05, 3.63) is 63.8 Å². The SMILES string of the molecule is Cc1csc(NC(=O)c2nn(-c3ccccc3)c3c(=O)n(C)cnc23)n1. The number of aromatic nitrogens is 5. The summed E-state index contributed by atoms with van der Waals surface area (Å²) in [5.74, 6) is -0.459. The average molecular weight is 366 g/mol. The molecule has 0 spiro atoms. The Morgan fingerprint density at radius 1 is 1.23 bits per heavy atom. The van der Waals surface area contributed by atoms with E-state index in [4.69, 9.17) is 0 Å². The zero-order valence-corrected chi connectivity index (χ0v) is 14.8. The van der Waals surface area contributed by atoms with E-state index in [0.717, 1.165) is 5.69 Å². The molecule has 130 valence electrons. The van der Waals surface area contributed by atoms with Crippen molar-refractivity contribution in [3.8, 4) is 5.69 Å². The van der Waals surface area contributed by atoms with Crippen LogP contribution in [0, 0.1) is 6.92 Å². The Hall–Kier alpha value is -3.33. The summed E-state index contributed by atoms with van der Waals surface area (Å²) in [4.78, 5) is 33.8. The molecule has 1 amide bonds. The molecule has 3 heterocycles. The van der Waals surface area contributed by atoms with Crippen molar-refractivity contribution in [3.63, 3.8) is 0 Å². The molecule has 1 N–H and O–H groups in total. The Labute approximate surface area is 151 Å². The molecule has 0 aliphatic heterocycles. The van der Waals surface area contributed by atoms with Crippen LogP contribution in [0.15, 0.2) is 46.8 Å². The average Bonchev–Trinajstić information content (AvgIpc) is 3.23. The Kier molecular flexibility index (Phi) is 3.85. The first kappa shape index (κ1) is 16.2. The molecule has 0 saturated heterocycles. The largest absolute Gasteiger partial charge is 0.301 e. The number of hydrogen-bond donors (Lipinski definition) is 1. The predicted octanol–water partition coefficient (Wildman–Crippen LogP) is 2.14. The summed E-state index contributed by atoms with van der Waals surface area (Å²) in [6.45, 7) is 1.84. The third-order valence-corrected chi connectivity index (χ3v) is 4.67. The van der Waals surface area contributed by atoms with Gasteiger partial charge in [-0.3, -0.25) is 14.9 Å². The molecule has 4 rings (SSSR count). The smallest absolute Gasteiger partial charge is 0.280 e. The number of fused-ring (bicyclic) bond motifs is 1. The van der Waals surface area contributed by atoms with E-state index in [-0.39, 0.29) is 22.3 Å². The van der Waals surface area contributed by atoms with Crippen LogP contribution < -0.4 is 10.9 Å². The summed E-state index contributed by atoms with van der Waals surface area (Å²) < 4.78 is 2.81. The van der Waals surface area contributed by atoms with Crippen LogP contribution in [-0.4, -0.2) is 30.2 Å².